The van der Waals surface area contributed by atoms with Gasteiger partial charge in [-0.1, -0.05) is 188 Å². The zero-order valence-corrected chi connectivity index (χ0v) is 28.2. The molecule has 2 nitrogen and oxygen atoms in total. The van der Waals surface area contributed by atoms with Crippen LogP contribution in [0.2, 0.25) is 0 Å². The largest absolute Gasteiger partial charge is 0.332 e. The molecule has 0 N–H and O–H groups in total. The van der Waals surface area contributed by atoms with Crippen LogP contribution in [0.15, 0.2) is 12.4 Å². The van der Waals surface area contributed by atoms with Crippen LogP contribution in [0.5, 0.6) is 0 Å². The summed E-state index contributed by atoms with van der Waals surface area (Å²) < 4.78 is 2.58. The van der Waals surface area contributed by atoms with Crippen molar-refractivity contribution in [3.8, 4) is 0 Å². The highest BCUT2D eigenvalue weighted by molar-refractivity contribution is 5.02. The molecule has 0 aromatic carbocycles. The average Bonchev–Trinajstić information content (AvgIpc) is 3.45. The molecule has 0 fully saturated rings. The maximum absolute atomic E-state index is 5.00. The number of aromatic nitrogens is 2. The van der Waals surface area contributed by atoms with E-state index in [9.17, 15) is 0 Å². The highest BCUT2D eigenvalue weighted by Crippen LogP contribution is 2.31. The van der Waals surface area contributed by atoms with Gasteiger partial charge in [-0.3, -0.25) is 0 Å². The first-order valence-corrected chi connectivity index (χ1v) is 18.8. The average molecular weight is 559 g/mol. The van der Waals surface area contributed by atoms with Gasteiger partial charge in [-0.25, -0.2) is 4.98 Å². The topological polar surface area (TPSA) is 17.8 Å². The standard InChI is InChI=1S/C38H74N2/c1-5-8-11-14-17-20-21-24-27-30-33-37(32-29-26-23-19-16-13-10-7-3)38-39-34-35-40(38)36(4)31-28-25-22-18-15-12-9-6-2/h34-37H,5-33H2,1-4H3. The first-order chi connectivity index (χ1) is 19.7. The van der Waals surface area contributed by atoms with E-state index in [1.807, 2.05) is 0 Å². The van der Waals surface area contributed by atoms with Crippen molar-refractivity contribution in [3.05, 3.63) is 18.2 Å². The lowest BCUT2D eigenvalue weighted by Gasteiger charge is -2.22. The fourth-order valence-electron chi connectivity index (χ4n) is 6.53. The van der Waals surface area contributed by atoms with E-state index in [-0.39, 0.29) is 0 Å². The number of hydrogen-bond donors (Lipinski definition) is 0. The molecular weight excluding hydrogens is 484 g/mol. The van der Waals surface area contributed by atoms with Gasteiger partial charge in [-0.05, 0) is 26.2 Å². The zero-order valence-electron chi connectivity index (χ0n) is 28.2. The van der Waals surface area contributed by atoms with Crippen molar-refractivity contribution < 1.29 is 0 Å². The Labute approximate surface area is 253 Å². The van der Waals surface area contributed by atoms with Crippen LogP contribution in [0.1, 0.15) is 232 Å². The SMILES string of the molecule is CCCCCCCCCCCCC(CCCCCCCCCC)c1nccn1C(C)CCCCCCCCCC. The maximum Gasteiger partial charge on any atom is 0.111 e. The molecule has 2 unspecified atom stereocenters. The summed E-state index contributed by atoms with van der Waals surface area (Å²) in [5.41, 5.74) is 0. The fourth-order valence-corrected chi connectivity index (χ4v) is 6.53. The highest BCUT2D eigenvalue weighted by Gasteiger charge is 2.19. The summed E-state index contributed by atoms with van der Waals surface area (Å²) in [6.45, 7) is 9.38. The van der Waals surface area contributed by atoms with Gasteiger partial charge in [0.15, 0.2) is 0 Å². The molecule has 1 heterocycles. The molecule has 1 aromatic rings. The van der Waals surface area contributed by atoms with E-state index < -0.39 is 0 Å². The molecule has 0 saturated heterocycles. The van der Waals surface area contributed by atoms with E-state index in [1.165, 1.54) is 192 Å². The Balaban J connectivity index is 2.46. The quantitative estimate of drug-likeness (QED) is 0.0828. The van der Waals surface area contributed by atoms with Crippen molar-refractivity contribution in [2.45, 2.75) is 226 Å². The molecule has 236 valence electrons. The Morgan fingerprint density at radius 1 is 0.475 bits per heavy atom. The minimum atomic E-state index is 0.589. The number of unbranched alkanes of at least 4 members (excludes halogenated alkanes) is 23. The second-order valence-corrected chi connectivity index (χ2v) is 13.2. The van der Waals surface area contributed by atoms with E-state index in [0.717, 1.165) is 0 Å². The molecule has 2 heteroatoms. The van der Waals surface area contributed by atoms with Gasteiger partial charge in [-0.2, -0.15) is 0 Å². The first kappa shape index (κ1) is 37.2. The lowest BCUT2D eigenvalue weighted by molar-refractivity contribution is 0.412. The van der Waals surface area contributed by atoms with E-state index in [0.29, 0.717) is 12.0 Å². The number of imidazole rings is 1. The molecule has 0 spiro atoms. The van der Waals surface area contributed by atoms with Crippen molar-refractivity contribution in [1.82, 2.24) is 9.55 Å². The van der Waals surface area contributed by atoms with Gasteiger partial charge in [0, 0.05) is 24.4 Å². The van der Waals surface area contributed by atoms with Gasteiger partial charge in [0.2, 0.25) is 0 Å². The summed E-state index contributed by atoms with van der Waals surface area (Å²) in [6.07, 6.45) is 45.2. The molecule has 0 aliphatic carbocycles. The van der Waals surface area contributed by atoms with Crippen molar-refractivity contribution in [2.75, 3.05) is 0 Å². The van der Waals surface area contributed by atoms with Gasteiger partial charge < -0.3 is 4.57 Å². The molecule has 1 aromatic heterocycles. The van der Waals surface area contributed by atoms with Crippen molar-refractivity contribution >= 4 is 0 Å². The third-order valence-corrected chi connectivity index (χ3v) is 9.33. The van der Waals surface area contributed by atoms with Gasteiger partial charge >= 0.3 is 0 Å². The smallest absolute Gasteiger partial charge is 0.111 e. The second kappa shape index (κ2) is 28.3. The molecule has 0 bridgehead atoms. The number of rotatable bonds is 31. The van der Waals surface area contributed by atoms with E-state index >= 15 is 0 Å². The third-order valence-electron chi connectivity index (χ3n) is 9.33. The molecule has 40 heavy (non-hydrogen) atoms. The summed E-state index contributed by atoms with van der Waals surface area (Å²) in [7, 11) is 0. The highest BCUT2D eigenvalue weighted by atomic mass is 15.1. The van der Waals surface area contributed by atoms with Gasteiger partial charge in [0.05, 0.1) is 0 Å². The second-order valence-electron chi connectivity index (χ2n) is 13.2. The molecule has 0 aliphatic heterocycles. The van der Waals surface area contributed by atoms with Gasteiger partial charge in [-0.15, -0.1) is 0 Å². The normalized spacial score (nSPS) is 13.2. The van der Waals surface area contributed by atoms with E-state index in [4.69, 9.17) is 4.98 Å². The summed E-state index contributed by atoms with van der Waals surface area (Å²) in [5.74, 6) is 2.07. The van der Waals surface area contributed by atoms with Crippen molar-refractivity contribution in [1.29, 1.82) is 0 Å². The van der Waals surface area contributed by atoms with E-state index in [2.05, 4.69) is 44.7 Å². The maximum atomic E-state index is 5.00. The Morgan fingerprint density at radius 3 is 1.18 bits per heavy atom. The minimum absolute atomic E-state index is 0.589. The number of nitrogens with zero attached hydrogens (tertiary/aromatic N) is 2. The predicted molar refractivity (Wildman–Crippen MR) is 181 cm³/mol. The van der Waals surface area contributed by atoms with Crippen LogP contribution in [0.25, 0.3) is 0 Å². The van der Waals surface area contributed by atoms with Crippen LogP contribution in [0.3, 0.4) is 0 Å². The van der Waals surface area contributed by atoms with Crippen molar-refractivity contribution in [2.24, 2.45) is 0 Å². The van der Waals surface area contributed by atoms with Crippen LogP contribution in [0.4, 0.5) is 0 Å². The molecular formula is C38H74N2. The van der Waals surface area contributed by atoms with Crippen LogP contribution < -0.4 is 0 Å². The summed E-state index contributed by atoms with van der Waals surface area (Å²) >= 11 is 0. The Morgan fingerprint density at radius 2 is 0.800 bits per heavy atom. The van der Waals surface area contributed by atoms with Crippen LogP contribution >= 0.6 is 0 Å². The minimum Gasteiger partial charge on any atom is -0.332 e. The molecule has 2 atom stereocenters. The van der Waals surface area contributed by atoms with Crippen LogP contribution in [-0.4, -0.2) is 9.55 Å². The van der Waals surface area contributed by atoms with Gasteiger partial charge in [0.25, 0.3) is 0 Å². The molecule has 0 saturated carbocycles. The van der Waals surface area contributed by atoms with E-state index in [1.54, 1.807) is 0 Å². The van der Waals surface area contributed by atoms with Crippen LogP contribution in [0, 0.1) is 0 Å². The van der Waals surface area contributed by atoms with Crippen molar-refractivity contribution in [3.63, 3.8) is 0 Å². The fraction of sp³-hybridized carbons (Fsp3) is 0.921. The third kappa shape index (κ3) is 20.1. The molecule has 1 rings (SSSR count). The predicted octanol–water partition coefficient (Wildman–Crippen LogP) is 13.9. The molecule has 0 aliphatic rings. The lowest BCUT2D eigenvalue weighted by Crippen LogP contribution is -2.13. The Bertz CT molecular complexity index is 621. The first-order valence-electron chi connectivity index (χ1n) is 18.8. The Hall–Kier alpha value is -0.790. The monoisotopic (exact) mass is 559 g/mol. The zero-order chi connectivity index (χ0) is 28.9. The summed E-state index contributed by atoms with van der Waals surface area (Å²) in [5, 5.41) is 0. The number of hydrogen-bond acceptors (Lipinski definition) is 1. The Kier molecular flexibility index (Phi) is 26.4. The van der Waals surface area contributed by atoms with Crippen LogP contribution in [-0.2, 0) is 0 Å². The lowest BCUT2D eigenvalue weighted by atomic mass is 9.92. The summed E-state index contributed by atoms with van der Waals surface area (Å²) in [4.78, 5) is 5.00. The van der Waals surface area contributed by atoms with Gasteiger partial charge in [0.1, 0.15) is 5.82 Å². The molecule has 0 radical (unpaired) electrons. The molecule has 0 amide bonds. The summed E-state index contributed by atoms with van der Waals surface area (Å²) in [6, 6.07) is 0.589.